The van der Waals surface area contributed by atoms with E-state index in [1.165, 1.54) is 43.3 Å². The average Bonchev–Trinajstić information content (AvgIpc) is 3.60. The van der Waals surface area contributed by atoms with Crippen LogP contribution in [0.25, 0.3) is 39.4 Å². The molecule has 8 nitrogen and oxygen atoms in total. The van der Waals surface area contributed by atoms with Crippen LogP contribution in [0.5, 0.6) is 5.75 Å². The number of aromatic nitrogens is 3. The molecule has 0 aliphatic rings. The minimum atomic E-state index is -4.76. The summed E-state index contributed by atoms with van der Waals surface area (Å²) in [6.07, 6.45) is -2.86. The zero-order valence-corrected chi connectivity index (χ0v) is 24.6. The number of hydrogen-bond donors (Lipinski definition) is 1. The lowest BCUT2D eigenvalue weighted by atomic mass is 9.97. The van der Waals surface area contributed by atoms with Gasteiger partial charge < -0.3 is 14.3 Å². The third-order valence-corrected chi connectivity index (χ3v) is 8.04. The van der Waals surface area contributed by atoms with Crippen LogP contribution >= 0.6 is 11.6 Å². The highest BCUT2D eigenvalue weighted by Crippen LogP contribution is 2.41. The summed E-state index contributed by atoms with van der Waals surface area (Å²) in [4.78, 5) is 3.93. The molecule has 0 bridgehead atoms. The van der Waals surface area contributed by atoms with Crippen LogP contribution in [0, 0.1) is 12.7 Å². The van der Waals surface area contributed by atoms with Crippen molar-refractivity contribution >= 4 is 21.4 Å². The van der Waals surface area contributed by atoms with Crippen molar-refractivity contribution in [1.29, 1.82) is 0 Å². The van der Waals surface area contributed by atoms with Gasteiger partial charge in [-0.15, -0.1) is 0 Å². The van der Waals surface area contributed by atoms with E-state index in [2.05, 4.69) is 14.8 Å². The molecular formula is C29H20ClF6N3O5S. The van der Waals surface area contributed by atoms with Crippen LogP contribution in [0.15, 0.2) is 70.1 Å². The second kappa shape index (κ2) is 11.9. The van der Waals surface area contributed by atoms with Gasteiger partial charge in [-0.2, -0.15) is 27.1 Å². The molecule has 0 aliphatic heterocycles. The quantitative estimate of drug-likeness (QED) is 0.171. The summed E-state index contributed by atoms with van der Waals surface area (Å²) in [6.45, 7) is -2.62. The van der Waals surface area contributed by atoms with E-state index in [-0.39, 0.29) is 56.1 Å². The molecular weight excluding hydrogens is 652 g/mol. The number of nitrogens with zero attached hydrogens (tertiary/aromatic N) is 3. The number of sulfone groups is 1. The average molecular weight is 672 g/mol. The van der Waals surface area contributed by atoms with Crippen LogP contribution in [-0.2, 0) is 22.6 Å². The SMILES string of the molecule is Cc1nc(-c2cc(-c3cc(F)c(CO)c(S(C)(=O)=O)c3)ccc2-n2ccc(C(F)(F)F)n2)c(-c2ccc(Cl)c(OC(F)F)c2)o1. The van der Waals surface area contributed by atoms with Crippen molar-refractivity contribution < 1.29 is 49.0 Å². The lowest BCUT2D eigenvalue weighted by Gasteiger charge is -2.14. The van der Waals surface area contributed by atoms with Gasteiger partial charge in [0.15, 0.2) is 27.2 Å². The van der Waals surface area contributed by atoms with Crippen molar-refractivity contribution in [2.45, 2.75) is 31.2 Å². The number of rotatable bonds is 8. The highest BCUT2D eigenvalue weighted by atomic mass is 35.5. The molecule has 236 valence electrons. The molecule has 0 radical (unpaired) electrons. The fourth-order valence-electron chi connectivity index (χ4n) is 4.61. The molecule has 5 rings (SSSR count). The highest BCUT2D eigenvalue weighted by Gasteiger charge is 2.34. The molecule has 3 aromatic carbocycles. The Bertz CT molecular complexity index is 2030. The lowest BCUT2D eigenvalue weighted by molar-refractivity contribution is -0.141. The highest BCUT2D eigenvalue weighted by molar-refractivity contribution is 7.90. The Morgan fingerprint density at radius 2 is 1.76 bits per heavy atom. The van der Waals surface area contributed by atoms with Crippen LogP contribution in [0.1, 0.15) is 17.1 Å². The molecule has 0 amide bonds. The first-order chi connectivity index (χ1) is 21.1. The van der Waals surface area contributed by atoms with E-state index in [9.17, 15) is 35.5 Å². The Morgan fingerprint density at radius 1 is 1.04 bits per heavy atom. The smallest absolute Gasteiger partial charge is 0.435 e. The summed E-state index contributed by atoms with van der Waals surface area (Å²) >= 11 is 6.00. The van der Waals surface area contributed by atoms with Crippen molar-refractivity contribution in [3.63, 3.8) is 0 Å². The van der Waals surface area contributed by atoms with Crippen LogP contribution in [0.3, 0.4) is 0 Å². The van der Waals surface area contributed by atoms with E-state index in [1.54, 1.807) is 0 Å². The minimum absolute atomic E-state index is 0.0106. The van der Waals surface area contributed by atoms with E-state index in [4.69, 9.17) is 16.0 Å². The number of aliphatic hydroxyl groups excluding tert-OH is 1. The van der Waals surface area contributed by atoms with Crippen molar-refractivity contribution in [1.82, 2.24) is 14.8 Å². The van der Waals surface area contributed by atoms with Gasteiger partial charge in [0, 0.05) is 36.1 Å². The standard InChI is InChI=1S/C29H20ClF6N3O5S/c1-14-37-26(27(43-14)16-3-5-20(30)23(11-16)44-28(32)33)18-9-15(4-6-22(18)39-8-7-25(38-39)29(34,35)36)17-10-21(31)19(13-40)24(12-17)45(2,41)42/h3-12,28,40H,13H2,1-2H3. The largest absolute Gasteiger partial charge is 0.440 e. The fraction of sp³-hybridized carbons (Fsp3) is 0.172. The van der Waals surface area contributed by atoms with E-state index in [0.717, 1.165) is 35.3 Å². The second-order valence-electron chi connectivity index (χ2n) is 9.67. The molecule has 5 aromatic rings. The number of benzene rings is 3. The van der Waals surface area contributed by atoms with E-state index >= 15 is 4.39 Å². The number of alkyl halides is 5. The van der Waals surface area contributed by atoms with Gasteiger partial charge in [-0.25, -0.2) is 22.5 Å². The first-order valence-corrected chi connectivity index (χ1v) is 15.0. The van der Waals surface area contributed by atoms with Gasteiger partial charge in [-0.3, -0.25) is 0 Å². The molecule has 2 heterocycles. The zero-order chi connectivity index (χ0) is 32.8. The molecule has 0 atom stereocenters. The van der Waals surface area contributed by atoms with Gasteiger partial charge in [0.2, 0.25) is 0 Å². The predicted molar refractivity (Wildman–Crippen MR) is 150 cm³/mol. The third kappa shape index (κ3) is 6.55. The second-order valence-corrected chi connectivity index (χ2v) is 12.1. The van der Waals surface area contributed by atoms with E-state index in [1.807, 2.05) is 0 Å². The summed E-state index contributed by atoms with van der Waals surface area (Å²) < 4.78 is 117. The first-order valence-electron chi connectivity index (χ1n) is 12.7. The molecule has 0 saturated heterocycles. The molecule has 0 aliphatic carbocycles. The summed E-state index contributed by atoms with van der Waals surface area (Å²) in [5.74, 6) is -1.32. The Kier molecular flexibility index (Phi) is 8.46. The third-order valence-electron chi connectivity index (χ3n) is 6.57. The number of hydrogen-bond acceptors (Lipinski definition) is 7. The maximum Gasteiger partial charge on any atom is 0.435 e. The van der Waals surface area contributed by atoms with Crippen molar-refractivity contribution in [3.8, 4) is 45.1 Å². The van der Waals surface area contributed by atoms with Crippen molar-refractivity contribution in [3.05, 3.63) is 88.8 Å². The monoisotopic (exact) mass is 671 g/mol. The number of aryl methyl sites for hydroxylation is 1. The Morgan fingerprint density at radius 3 is 2.38 bits per heavy atom. The number of halogens is 7. The normalized spacial score (nSPS) is 12.2. The number of aliphatic hydroxyl groups is 1. The van der Waals surface area contributed by atoms with Gasteiger partial charge in [-0.05, 0) is 59.7 Å². The number of ether oxygens (including phenoxy) is 1. The topological polar surface area (TPSA) is 107 Å². The lowest BCUT2D eigenvalue weighted by Crippen LogP contribution is -2.08. The summed E-state index contributed by atoms with van der Waals surface area (Å²) in [5, 5.41) is 13.1. The molecule has 45 heavy (non-hydrogen) atoms. The van der Waals surface area contributed by atoms with Gasteiger partial charge >= 0.3 is 12.8 Å². The summed E-state index contributed by atoms with van der Waals surface area (Å²) in [7, 11) is -4.00. The first kappa shape index (κ1) is 32.1. The summed E-state index contributed by atoms with van der Waals surface area (Å²) in [5.41, 5.74) is -1.04. The number of oxazole rings is 1. The molecule has 1 N–H and O–H groups in total. The van der Waals surface area contributed by atoms with Crippen LogP contribution < -0.4 is 4.74 Å². The zero-order valence-electron chi connectivity index (χ0n) is 23.0. The van der Waals surface area contributed by atoms with Crippen molar-refractivity contribution in [2.75, 3.05) is 6.26 Å². The van der Waals surface area contributed by atoms with Crippen LogP contribution in [0.2, 0.25) is 5.02 Å². The van der Waals surface area contributed by atoms with Crippen LogP contribution in [0.4, 0.5) is 26.3 Å². The van der Waals surface area contributed by atoms with Gasteiger partial charge in [0.1, 0.15) is 17.3 Å². The molecule has 0 unspecified atom stereocenters. The Labute approximate surface area is 256 Å². The maximum absolute atomic E-state index is 15.0. The molecule has 0 saturated carbocycles. The van der Waals surface area contributed by atoms with Crippen LogP contribution in [-0.4, -0.2) is 41.2 Å². The maximum atomic E-state index is 15.0. The molecule has 2 aromatic heterocycles. The van der Waals surface area contributed by atoms with Gasteiger partial charge in [0.05, 0.1) is 22.2 Å². The molecule has 0 spiro atoms. The summed E-state index contributed by atoms with van der Waals surface area (Å²) in [6, 6.07) is 10.9. The predicted octanol–water partition coefficient (Wildman–Crippen LogP) is 7.48. The Hall–Kier alpha value is -4.34. The Balaban J connectivity index is 1.77. The van der Waals surface area contributed by atoms with E-state index in [0.29, 0.717) is 0 Å². The fourth-order valence-corrected chi connectivity index (χ4v) is 5.73. The molecule has 0 fully saturated rings. The van der Waals surface area contributed by atoms with Gasteiger partial charge in [0.25, 0.3) is 0 Å². The van der Waals surface area contributed by atoms with E-state index < -0.39 is 51.2 Å². The van der Waals surface area contributed by atoms with Gasteiger partial charge in [-0.1, -0.05) is 17.7 Å². The molecule has 16 heteroatoms. The minimum Gasteiger partial charge on any atom is -0.440 e. The van der Waals surface area contributed by atoms with Crippen molar-refractivity contribution in [2.24, 2.45) is 0 Å².